The number of nitrogens with one attached hydrogen (secondary N) is 1. The highest BCUT2D eigenvalue weighted by Crippen LogP contribution is 2.17. The highest BCUT2D eigenvalue weighted by Gasteiger charge is 2.03. The van der Waals surface area contributed by atoms with E-state index in [4.69, 9.17) is 0 Å². The van der Waals surface area contributed by atoms with Crippen molar-refractivity contribution in [3.05, 3.63) is 84.3 Å². The van der Waals surface area contributed by atoms with Crippen LogP contribution in [-0.4, -0.2) is 5.71 Å². The van der Waals surface area contributed by atoms with E-state index < -0.39 is 0 Å². The Labute approximate surface area is 126 Å². The number of aliphatic imine (C=N–C) groups is 1. The van der Waals surface area contributed by atoms with Crippen molar-refractivity contribution in [1.82, 2.24) is 0 Å². The zero-order chi connectivity index (χ0) is 15.2. The molecule has 21 heavy (non-hydrogen) atoms. The van der Waals surface area contributed by atoms with Crippen LogP contribution in [0.4, 0.5) is 5.69 Å². The summed E-state index contributed by atoms with van der Waals surface area (Å²) in [6, 6.07) is 8.11. The second kappa shape index (κ2) is 6.71. The zero-order valence-electron chi connectivity index (χ0n) is 12.6. The summed E-state index contributed by atoms with van der Waals surface area (Å²) in [6.45, 7) is 11.8. The van der Waals surface area contributed by atoms with E-state index in [1.165, 1.54) is 0 Å². The van der Waals surface area contributed by atoms with E-state index in [-0.39, 0.29) is 0 Å². The van der Waals surface area contributed by atoms with Gasteiger partial charge < -0.3 is 5.32 Å². The summed E-state index contributed by atoms with van der Waals surface area (Å²) in [7, 11) is 0. The van der Waals surface area contributed by atoms with Crippen molar-refractivity contribution in [2.75, 3.05) is 5.32 Å². The predicted octanol–water partition coefficient (Wildman–Crippen LogP) is 5.12. The zero-order valence-corrected chi connectivity index (χ0v) is 12.6. The second-order valence-electron chi connectivity index (χ2n) is 4.91. The number of anilines is 1. The van der Waals surface area contributed by atoms with E-state index in [1.54, 1.807) is 0 Å². The first-order chi connectivity index (χ1) is 10.1. The summed E-state index contributed by atoms with van der Waals surface area (Å²) in [4.78, 5) is 4.63. The highest BCUT2D eigenvalue weighted by molar-refractivity contribution is 6.11. The van der Waals surface area contributed by atoms with Crippen LogP contribution in [0.3, 0.4) is 0 Å². The van der Waals surface area contributed by atoms with Gasteiger partial charge in [-0.1, -0.05) is 49.6 Å². The third-order valence-corrected chi connectivity index (χ3v) is 3.28. The molecular formula is C19H20N2. The summed E-state index contributed by atoms with van der Waals surface area (Å²) in [5, 5.41) is 3.37. The number of nitrogens with zero attached hydrogens (tertiary/aromatic N) is 1. The molecule has 106 valence electrons. The van der Waals surface area contributed by atoms with Gasteiger partial charge in [0.25, 0.3) is 0 Å². The molecular weight excluding hydrogens is 256 g/mol. The molecule has 1 aromatic rings. The van der Waals surface area contributed by atoms with Crippen LogP contribution in [0.1, 0.15) is 19.4 Å². The number of hydrogen-bond acceptors (Lipinski definition) is 2. The normalized spacial score (nSPS) is 16.9. The fourth-order valence-corrected chi connectivity index (χ4v) is 1.93. The summed E-state index contributed by atoms with van der Waals surface area (Å²) in [5.41, 5.74) is 5.90. The lowest BCUT2D eigenvalue weighted by atomic mass is 10.1. The fourth-order valence-electron chi connectivity index (χ4n) is 1.93. The molecule has 1 N–H and O–H groups in total. The van der Waals surface area contributed by atoms with Crippen LogP contribution < -0.4 is 5.32 Å². The van der Waals surface area contributed by atoms with Crippen molar-refractivity contribution in [3.63, 3.8) is 0 Å². The van der Waals surface area contributed by atoms with E-state index in [0.29, 0.717) is 0 Å². The van der Waals surface area contributed by atoms with Crippen molar-refractivity contribution in [2.45, 2.75) is 13.8 Å². The van der Waals surface area contributed by atoms with Gasteiger partial charge in [-0.3, -0.25) is 4.99 Å². The van der Waals surface area contributed by atoms with Crippen LogP contribution in [0.15, 0.2) is 83.7 Å². The Kier molecular flexibility index (Phi) is 4.72. The van der Waals surface area contributed by atoms with Crippen LogP contribution in [-0.2, 0) is 0 Å². The molecule has 2 nitrogen and oxygen atoms in total. The molecule has 0 radical (unpaired) electrons. The molecule has 0 saturated carbocycles. The smallest absolute Gasteiger partial charge is 0.0699 e. The Hall–Kier alpha value is -2.61. The summed E-state index contributed by atoms with van der Waals surface area (Å²) >= 11 is 0. The Morgan fingerprint density at radius 3 is 2.67 bits per heavy atom. The van der Waals surface area contributed by atoms with Crippen LogP contribution >= 0.6 is 0 Å². The molecule has 2 heteroatoms. The molecule has 0 aliphatic heterocycles. The third-order valence-electron chi connectivity index (χ3n) is 3.28. The third kappa shape index (κ3) is 3.93. The van der Waals surface area contributed by atoms with E-state index in [9.17, 15) is 0 Å². The van der Waals surface area contributed by atoms with Crippen molar-refractivity contribution >= 4 is 17.5 Å². The van der Waals surface area contributed by atoms with Gasteiger partial charge in [0, 0.05) is 11.4 Å². The van der Waals surface area contributed by atoms with Gasteiger partial charge in [0.15, 0.2) is 0 Å². The molecule has 1 aliphatic carbocycles. The average molecular weight is 276 g/mol. The minimum Gasteiger partial charge on any atom is -0.358 e. The topological polar surface area (TPSA) is 24.4 Å². The molecule has 0 aromatic heterocycles. The maximum Gasteiger partial charge on any atom is 0.0699 e. The van der Waals surface area contributed by atoms with Gasteiger partial charge in [-0.05, 0) is 43.2 Å². The molecule has 0 fully saturated rings. The first kappa shape index (κ1) is 14.8. The minimum absolute atomic E-state index is 0.899. The van der Waals surface area contributed by atoms with Crippen LogP contribution in [0.25, 0.3) is 6.08 Å². The van der Waals surface area contributed by atoms with E-state index >= 15 is 0 Å². The first-order valence-electron chi connectivity index (χ1n) is 6.90. The van der Waals surface area contributed by atoms with Gasteiger partial charge in [0.05, 0.1) is 11.4 Å². The first-order valence-corrected chi connectivity index (χ1v) is 6.90. The van der Waals surface area contributed by atoms with E-state index in [2.05, 4.69) is 29.5 Å². The number of hydrogen-bond donors (Lipinski definition) is 1. The van der Waals surface area contributed by atoms with Crippen molar-refractivity contribution in [3.8, 4) is 0 Å². The van der Waals surface area contributed by atoms with Gasteiger partial charge in [-0.2, -0.15) is 0 Å². The molecule has 0 saturated heterocycles. The van der Waals surface area contributed by atoms with Gasteiger partial charge in [0.1, 0.15) is 0 Å². The minimum atomic E-state index is 0.899. The van der Waals surface area contributed by atoms with Crippen LogP contribution in [0.5, 0.6) is 0 Å². The van der Waals surface area contributed by atoms with E-state index in [1.807, 2.05) is 62.4 Å². The maximum atomic E-state index is 4.63. The lowest BCUT2D eigenvalue weighted by Crippen LogP contribution is -2.02. The van der Waals surface area contributed by atoms with Crippen LogP contribution in [0.2, 0.25) is 0 Å². The number of benzene rings is 1. The second-order valence-corrected chi connectivity index (χ2v) is 4.91. The van der Waals surface area contributed by atoms with Gasteiger partial charge >= 0.3 is 0 Å². The Balaban J connectivity index is 2.20. The summed E-state index contributed by atoms with van der Waals surface area (Å²) in [6.07, 6.45) is 9.70. The molecule has 0 atom stereocenters. The van der Waals surface area contributed by atoms with Gasteiger partial charge in [-0.15, -0.1) is 0 Å². The Bertz CT molecular complexity index is 685. The predicted molar refractivity (Wildman–Crippen MR) is 93.4 cm³/mol. The van der Waals surface area contributed by atoms with Gasteiger partial charge in [-0.25, -0.2) is 0 Å². The Morgan fingerprint density at radius 2 is 1.95 bits per heavy atom. The highest BCUT2D eigenvalue weighted by atomic mass is 14.9. The van der Waals surface area contributed by atoms with Gasteiger partial charge in [0.2, 0.25) is 0 Å². The molecule has 2 rings (SSSR count). The largest absolute Gasteiger partial charge is 0.358 e. The quantitative estimate of drug-likeness (QED) is 0.811. The fraction of sp³-hybridized carbons (Fsp3) is 0.105. The molecule has 1 aromatic carbocycles. The average Bonchev–Trinajstić information content (AvgIpc) is 2.49. The lowest BCUT2D eigenvalue weighted by molar-refractivity contribution is 1.19. The monoisotopic (exact) mass is 276 g/mol. The molecule has 1 aliphatic rings. The Morgan fingerprint density at radius 1 is 1.19 bits per heavy atom. The molecule has 0 bridgehead atoms. The van der Waals surface area contributed by atoms with E-state index in [0.717, 1.165) is 33.9 Å². The molecule has 0 amide bonds. The molecule has 0 heterocycles. The number of rotatable bonds is 4. The summed E-state index contributed by atoms with van der Waals surface area (Å²) in [5.74, 6) is 0. The maximum absolute atomic E-state index is 4.63. The van der Waals surface area contributed by atoms with Crippen LogP contribution in [0, 0.1) is 0 Å². The molecule has 0 unspecified atom stereocenters. The van der Waals surface area contributed by atoms with Crippen molar-refractivity contribution in [1.29, 1.82) is 0 Å². The molecule has 0 spiro atoms. The lowest BCUT2D eigenvalue weighted by Gasteiger charge is -2.11. The SMILES string of the molecule is C=Cc1cccc(N/C(C)=C(\C)N=C2C=CC=CC2=C)c1. The number of allylic oxidation sites excluding steroid dienone is 7. The van der Waals surface area contributed by atoms with Crippen molar-refractivity contribution < 1.29 is 0 Å². The standard InChI is InChI=1S/C19H20N2/c1-5-17-10-8-11-18(13-17)20-15(3)16(4)21-19-12-7-6-9-14(19)2/h5-13,20H,1-2H2,3-4H3/b16-15+,21-19?. The summed E-state index contributed by atoms with van der Waals surface area (Å²) < 4.78 is 0. The van der Waals surface area contributed by atoms with Crippen molar-refractivity contribution in [2.24, 2.45) is 4.99 Å².